The van der Waals surface area contributed by atoms with Gasteiger partial charge in [0.2, 0.25) is 5.91 Å². The van der Waals surface area contributed by atoms with Crippen molar-refractivity contribution in [3.63, 3.8) is 0 Å². The van der Waals surface area contributed by atoms with Crippen molar-refractivity contribution >= 4 is 23.1 Å². The number of hydrogen-bond acceptors (Lipinski definition) is 5. The minimum absolute atomic E-state index is 0.00605. The van der Waals surface area contributed by atoms with Crippen LogP contribution in [0.4, 0.5) is 11.4 Å². The highest BCUT2D eigenvalue weighted by Gasteiger charge is 2.20. The zero-order chi connectivity index (χ0) is 19.6. The molecule has 144 valence electrons. The number of piperazine rings is 1. The molecule has 1 aromatic heterocycles. The predicted octanol–water partition coefficient (Wildman–Crippen LogP) is 2.00. The van der Waals surface area contributed by atoms with Gasteiger partial charge in [-0.2, -0.15) is 5.10 Å². The van der Waals surface area contributed by atoms with E-state index in [1.807, 2.05) is 45.2 Å². The van der Waals surface area contributed by atoms with Crippen LogP contribution >= 0.6 is 0 Å². The van der Waals surface area contributed by atoms with E-state index in [1.54, 1.807) is 11.6 Å². The summed E-state index contributed by atoms with van der Waals surface area (Å²) in [6.07, 6.45) is 0. The standard InChI is InChI=1S/C20H27N5O2/c1-14-20(15(2)23(4)22-14)21-19(27)13-24-9-11-25(12-10-24)18-7-5-17(6-8-18)16(3)26/h5-8H,9-13H2,1-4H3,(H,21,27). The Bertz CT molecular complexity index is 833. The van der Waals surface area contributed by atoms with Crippen LogP contribution in [-0.4, -0.2) is 59.1 Å². The number of ketones is 1. The summed E-state index contributed by atoms with van der Waals surface area (Å²) in [6, 6.07) is 7.73. The normalized spacial score (nSPS) is 15.0. The highest BCUT2D eigenvalue weighted by Crippen LogP contribution is 2.19. The molecule has 1 amide bonds. The van der Waals surface area contributed by atoms with Crippen LogP contribution in [0.2, 0.25) is 0 Å². The predicted molar refractivity (Wildman–Crippen MR) is 106 cm³/mol. The second kappa shape index (κ2) is 7.92. The minimum atomic E-state index is -0.00605. The summed E-state index contributed by atoms with van der Waals surface area (Å²) in [5, 5.41) is 7.33. The Balaban J connectivity index is 1.51. The third kappa shape index (κ3) is 4.36. The fourth-order valence-corrected chi connectivity index (χ4v) is 3.41. The smallest absolute Gasteiger partial charge is 0.238 e. The third-order valence-corrected chi connectivity index (χ3v) is 5.15. The van der Waals surface area contributed by atoms with Gasteiger partial charge in [0.25, 0.3) is 0 Å². The molecule has 7 nitrogen and oxygen atoms in total. The molecule has 1 N–H and O–H groups in total. The number of aryl methyl sites for hydroxylation is 2. The number of carbonyl (C=O) groups excluding carboxylic acids is 2. The summed E-state index contributed by atoms with van der Waals surface area (Å²) in [6.45, 7) is 9.18. The molecule has 2 aromatic rings. The zero-order valence-electron chi connectivity index (χ0n) is 16.5. The van der Waals surface area contributed by atoms with Gasteiger partial charge in [-0.15, -0.1) is 0 Å². The van der Waals surface area contributed by atoms with E-state index < -0.39 is 0 Å². The minimum Gasteiger partial charge on any atom is -0.369 e. The lowest BCUT2D eigenvalue weighted by Crippen LogP contribution is -2.48. The first-order valence-corrected chi connectivity index (χ1v) is 9.23. The number of nitrogens with zero attached hydrogens (tertiary/aromatic N) is 4. The number of nitrogens with one attached hydrogen (secondary N) is 1. The van der Waals surface area contributed by atoms with Gasteiger partial charge in [0.15, 0.2) is 5.78 Å². The van der Waals surface area contributed by atoms with E-state index in [-0.39, 0.29) is 11.7 Å². The monoisotopic (exact) mass is 369 g/mol. The van der Waals surface area contributed by atoms with Gasteiger partial charge in [-0.05, 0) is 45.0 Å². The number of benzene rings is 1. The molecule has 0 spiro atoms. The molecule has 7 heteroatoms. The topological polar surface area (TPSA) is 70.5 Å². The van der Waals surface area contributed by atoms with Gasteiger partial charge in [-0.3, -0.25) is 19.2 Å². The van der Waals surface area contributed by atoms with Crippen LogP contribution in [-0.2, 0) is 11.8 Å². The number of anilines is 2. The SMILES string of the molecule is CC(=O)c1ccc(N2CCN(CC(=O)Nc3c(C)nn(C)c3C)CC2)cc1. The second-order valence-electron chi connectivity index (χ2n) is 7.08. The Kier molecular flexibility index (Phi) is 5.60. The Labute approximate surface area is 159 Å². The highest BCUT2D eigenvalue weighted by molar-refractivity contribution is 5.94. The summed E-state index contributed by atoms with van der Waals surface area (Å²) in [4.78, 5) is 28.3. The molecule has 1 saturated heterocycles. The fourth-order valence-electron chi connectivity index (χ4n) is 3.41. The maximum absolute atomic E-state index is 12.4. The van der Waals surface area contributed by atoms with Crippen LogP contribution in [0.3, 0.4) is 0 Å². The number of aromatic nitrogens is 2. The Morgan fingerprint density at radius 3 is 2.22 bits per heavy atom. The molecule has 0 saturated carbocycles. The molecule has 0 unspecified atom stereocenters. The summed E-state index contributed by atoms with van der Waals surface area (Å²) in [7, 11) is 1.88. The number of amides is 1. The molecule has 0 atom stereocenters. The molecular formula is C20H27N5O2. The number of hydrogen-bond donors (Lipinski definition) is 1. The van der Waals surface area contributed by atoms with Gasteiger partial charge >= 0.3 is 0 Å². The first-order chi connectivity index (χ1) is 12.8. The lowest BCUT2D eigenvalue weighted by molar-refractivity contribution is -0.117. The van der Waals surface area contributed by atoms with Gasteiger partial charge in [0.05, 0.1) is 23.6 Å². The van der Waals surface area contributed by atoms with Crippen molar-refractivity contribution in [2.45, 2.75) is 20.8 Å². The molecule has 0 radical (unpaired) electrons. The Morgan fingerprint density at radius 2 is 1.70 bits per heavy atom. The fraction of sp³-hybridized carbons (Fsp3) is 0.450. The molecule has 1 aromatic carbocycles. The summed E-state index contributed by atoms with van der Waals surface area (Å²) in [5.41, 5.74) is 4.45. The van der Waals surface area contributed by atoms with Crippen molar-refractivity contribution in [2.24, 2.45) is 7.05 Å². The van der Waals surface area contributed by atoms with Crippen molar-refractivity contribution in [3.8, 4) is 0 Å². The van der Waals surface area contributed by atoms with E-state index in [1.165, 1.54) is 0 Å². The van der Waals surface area contributed by atoms with Crippen LogP contribution in [0.5, 0.6) is 0 Å². The van der Waals surface area contributed by atoms with Crippen molar-refractivity contribution in [3.05, 3.63) is 41.2 Å². The second-order valence-corrected chi connectivity index (χ2v) is 7.08. The van der Waals surface area contributed by atoms with Gasteiger partial charge in [0.1, 0.15) is 0 Å². The van der Waals surface area contributed by atoms with E-state index in [2.05, 4.69) is 20.2 Å². The lowest BCUT2D eigenvalue weighted by Gasteiger charge is -2.35. The molecule has 1 fully saturated rings. The number of rotatable bonds is 5. The quantitative estimate of drug-likeness (QED) is 0.817. The molecule has 3 rings (SSSR count). The first kappa shape index (κ1) is 19.1. The molecule has 0 bridgehead atoms. The number of Topliss-reactive ketones (excluding diaryl/α,β-unsaturated/α-hetero) is 1. The van der Waals surface area contributed by atoms with Crippen molar-refractivity contribution in [2.75, 3.05) is 42.9 Å². The summed E-state index contributed by atoms with van der Waals surface area (Å²) in [5.74, 6) is 0.0740. The largest absolute Gasteiger partial charge is 0.369 e. The van der Waals surface area contributed by atoms with Crippen molar-refractivity contribution in [1.82, 2.24) is 14.7 Å². The van der Waals surface area contributed by atoms with E-state index in [4.69, 9.17) is 0 Å². The summed E-state index contributed by atoms with van der Waals surface area (Å²) < 4.78 is 1.78. The van der Waals surface area contributed by atoms with Gasteiger partial charge in [-0.25, -0.2) is 0 Å². The van der Waals surface area contributed by atoms with Crippen LogP contribution in [0.25, 0.3) is 0 Å². The van der Waals surface area contributed by atoms with Crippen LogP contribution < -0.4 is 10.2 Å². The average molecular weight is 369 g/mol. The van der Waals surface area contributed by atoms with E-state index >= 15 is 0 Å². The Hall–Kier alpha value is -2.67. The van der Waals surface area contributed by atoms with Crippen LogP contribution in [0.1, 0.15) is 28.7 Å². The van der Waals surface area contributed by atoms with Gasteiger partial charge < -0.3 is 10.2 Å². The maximum Gasteiger partial charge on any atom is 0.238 e. The lowest BCUT2D eigenvalue weighted by atomic mass is 10.1. The van der Waals surface area contributed by atoms with E-state index in [0.29, 0.717) is 6.54 Å². The van der Waals surface area contributed by atoms with Crippen molar-refractivity contribution < 1.29 is 9.59 Å². The van der Waals surface area contributed by atoms with Crippen LogP contribution in [0, 0.1) is 13.8 Å². The zero-order valence-corrected chi connectivity index (χ0v) is 16.5. The molecule has 27 heavy (non-hydrogen) atoms. The molecular weight excluding hydrogens is 342 g/mol. The molecule has 0 aliphatic carbocycles. The molecule has 1 aliphatic heterocycles. The number of carbonyl (C=O) groups is 2. The van der Waals surface area contributed by atoms with E-state index in [9.17, 15) is 9.59 Å². The maximum atomic E-state index is 12.4. The highest BCUT2D eigenvalue weighted by atomic mass is 16.2. The van der Waals surface area contributed by atoms with E-state index in [0.717, 1.165) is 54.5 Å². The first-order valence-electron chi connectivity index (χ1n) is 9.23. The van der Waals surface area contributed by atoms with Crippen LogP contribution in [0.15, 0.2) is 24.3 Å². The van der Waals surface area contributed by atoms with Crippen molar-refractivity contribution in [1.29, 1.82) is 0 Å². The molecule has 2 heterocycles. The Morgan fingerprint density at radius 1 is 1.07 bits per heavy atom. The third-order valence-electron chi connectivity index (χ3n) is 5.15. The summed E-state index contributed by atoms with van der Waals surface area (Å²) >= 11 is 0. The van der Waals surface area contributed by atoms with Gasteiger partial charge in [-0.1, -0.05) is 0 Å². The average Bonchev–Trinajstić information content (AvgIpc) is 2.88. The van der Waals surface area contributed by atoms with Gasteiger partial charge in [0, 0.05) is 44.5 Å². The molecule has 1 aliphatic rings.